The molecule has 0 bridgehead atoms. The number of amides is 1. The van der Waals surface area contributed by atoms with Gasteiger partial charge in [0.1, 0.15) is 0 Å². The van der Waals surface area contributed by atoms with Crippen molar-refractivity contribution in [3.8, 4) is 0 Å². The lowest BCUT2D eigenvalue weighted by Crippen LogP contribution is -2.29. The maximum Gasteiger partial charge on any atom is 0.348 e. The van der Waals surface area contributed by atoms with Crippen LogP contribution in [0.3, 0.4) is 0 Å². The van der Waals surface area contributed by atoms with Crippen LogP contribution in [0.4, 0.5) is 21.9 Å². The molecule has 1 amide bonds. The van der Waals surface area contributed by atoms with E-state index in [1.165, 1.54) is 0 Å². The Morgan fingerprint density at radius 2 is 1.62 bits per heavy atom. The zero-order chi connectivity index (χ0) is 16.9. The summed E-state index contributed by atoms with van der Waals surface area (Å²) in [4.78, 5) is 24.6. The number of carbonyl (C=O) groups is 1. The zero-order valence-corrected chi connectivity index (χ0v) is 12.9. The molecule has 7 heteroatoms. The van der Waals surface area contributed by atoms with Crippen LogP contribution in [0.25, 0.3) is 0 Å². The number of benzene rings is 2. The van der Waals surface area contributed by atoms with Crippen LogP contribution in [0.2, 0.25) is 0 Å². The molecule has 0 unspecified atom stereocenters. The predicted octanol–water partition coefficient (Wildman–Crippen LogP) is 3.98. The topological polar surface area (TPSA) is 91.6 Å². The highest BCUT2D eigenvalue weighted by Gasteiger charge is 2.16. The van der Waals surface area contributed by atoms with Gasteiger partial charge in [-0.15, -0.1) is 5.11 Å². The lowest BCUT2D eigenvalue weighted by Gasteiger charge is -2.03. The van der Waals surface area contributed by atoms with E-state index in [-0.39, 0.29) is 5.69 Å². The maximum absolute atomic E-state index is 12.4. The zero-order valence-electron chi connectivity index (χ0n) is 12.9. The Morgan fingerprint density at radius 1 is 1.00 bits per heavy atom. The summed E-state index contributed by atoms with van der Waals surface area (Å²) in [5.41, 5.74) is 1.22. The molecule has 0 aliphatic heterocycles. The molecule has 0 aliphatic carbocycles. The van der Waals surface area contributed by atoms with Crippen molar-refractivity contribution in [3.63, 3.8) is 0 Å². The fourth-order valence-corrected chi connectivity index (χ4v) is 2.10. The van der Waals surface area contributed by atoms with Gasteiger partial charge in [-0.25, -0.2) is 4.79 Å². The van der Waals surface area contributed by atoms with E-state index in [1.807, 2.05) is 24.3 Å². The van der Waals surface area contributed by atoms with Crippen LogP contribution in [-0.4, -0.2) is 15.8 Å². The molecule has 0 fully saturated rings. The van der Waals surface area contributed by atoms with Crippen molar-refractivity contribution in [2.45, 2.75) is 6.92 Å². The molecule has 3 rings (SSSR count). The minimum atomic E-state index is -0.588. The molecule has 0 saturated heterocycles. The molecule has 0 saturated carbocycles. The van der Waals surface area contributed by atoms with Crippen molar-refractivity contribution in [1.82, 2.24) is 9.78 Å². The van der Waals surface area contributed by atoms with E-state index in [1.54, 1.807) is 43.3 Å². The standard InChI is InChI=1S/C17H15N5O2/c1-12-15(20-19-14-10-6-3-7-11-14)16(23)22(21-12)17(24)18-13-8-4-2-5-9-13/h2-11,21H,1H3,(H,18,24). The second kappa shape index (κ2) is 6.74. The summed E-state index contributed by atoms with van der Waals surface area (Å²) >= 11 is 0. The molecular formula is C17H15N5O2. The molecule has 2 N–H and O–H groups in total. The van der Waals surface area contributed by atoms with E-state index in [2.05, 4.69) is 20.6 Å². The number of aryl methyl sites for hydroxylation is 1. The molecule has 3 aromatic rings. The highest BCUT2D eigenvalue weighted by atomic mass is 16.2. The van der Waals surface area contributed by atoms with E-state index >= 15 is 0 Å². The molecule has 0 atom stereocenters. The number of H-pyrrole nitrogens is 1. The first-order chi connectivity index (χ1) is 11.6. The second-order valence-corrected chi connectivity index (χ2v) is 5.06. The Balaban J connectivity index is 1.85. The third kappa shape index (κ3) is 3.30. The molecule has 0 radical (unpaired) electrons. The first kappa shape index (κ1) is 15.4. The quantitative estimate of drug-likeness (QED) is 0.714. The molecule has 7 nitrogen and oxygen atoms in total. The van der Waals surface area contributed by atoms with Crippen molar-refractivity contribution >= 4 is 23.1 Å². The van der Waals surface area contributed by atoms with Crippen LogP contribution in [0.1, 0.15) is 5.69 Å². The third-order valence-electron chi connectivity index (χ3n) is 3.29. The summed E-state index contributed by atoms with van der Waals surface area (Å²) in [5, 5.41) is 13.3. The molecule has 0 aliphatic rings. The van der Waals surface area contributed by atoms with Gasteiger partial charge in [-0.3, -0.25) is 9.89 Å². The Hall–Kier alpha value is -3.48. The SMILES string of the molecule is Cc1[nH]n(C(=O)Nc2ccccc2)c(=O)c1N=Nc1ccccc1. The Bertz CT molecular complexity index is 927. The molecule has 1 heterocycles. The number of rotatable bonds is 3. The average Bonchev–Trinajstić information content (AvgIpc) is 2.89. The van der Waals surface area contributed by atoms with Gasteiger partial charge in [0.05, 0.1) is 11.4 Å². The number of aromatic nitrogens is 2. The van der Waals surface area contributed by atoms with Crippen LogP contribution in [0.5, 0.6) is 0 Å². The average molecular weight is 321 g/mol. The lowest BCUT2D eigenvalue weighted by molar-refractivity contribution is 0.250. The number of nitrogens with zero attached hydrogens (tertiary/aromatic N) is 3. The summed E-state index contributed by atoms with van der Waals surface area (Å²) < 4.78 is 0.877. The molecule has 1 aromatic heterocycles. The van der Waals surface area contributed by atoms with Crippen molar-refractivity contribution in [3.05, 3.63) is 76.7 Å². The second-order valence-electron chi connectivity index (χ2n) is 5.06. The molecule has 2 aromatic carbocycles. The number of carbonyl (C=O) groups excluding carboxylic acids is 1. The smallest absolute Gasteiger partial charge is 0.306 e. The van der Waals surface area contributed by atoms with Gasteiger partial charge in [0.15, 0.2) is 5.69 Å². The summed E-state index contributed by atoms with van der Waals surface area (Å²) in [6, 6.07) is 17.3. The number of nitrogens with one attached hydrogen (secondary N) is 2. The molecule has 24 heavy (non-hydrogen) atoms. The van der Waals surface area contributed by atoms with Gasteiger partial charge < -0.3 is 5.32 Å². The largest absolute Gasteiger partial charge is 0.348 e. The number of anilines is 1. The van der Waals surface area contributed by atoms with Crippen molar-refractivity contribution in [2.24, 2.45) is 10.2 Å². The molecule has 0 spiro atoms. The van der Waals surface area contributed by atoms with Crippen LogP contribution in [-0.2, 0) is 0 Å². The van der Waals surface area contributed by atoms with Crippen LogP contribution in [0.15, 0.2) is 75.7 Å². The molecular weight excluding hydrogens is 306 g/mol. The number of hydrogen-bond donors (Lipinski definition) is 2. The number of azo groups is 1. The highest BCUT2D eigenvalue weighted by molar-refractivity contribution is 5.90. The van der Waals surface area contributed by atoms with Gasteiger partial charge in [0.2, 0.25) is 0 Å². The minimum Gasteiger partial charge on any atom is -0.306 e. The monoisotopic (exact) mass is 321 g/mol. The first-order valence-electron chi connectivity index (χ1n) is 7.30. The van der Waals surface area contributed by atoms with Gasteiger partial charge in [-0.2, -0.15) is 9.80 Å². The highest BCUT2D eigenvalue weighted by Crippen LogP contribution is 2.17. The van der Waals surface area contributed by atoms with E-state index in [0.29, 0.717) is 17.1 Å². The minimum absolute atomic E-state index is 0.0991. The number of aromatic amines is 1. The number of para-hydroxylation sites is 1. The summed E-state index contributed by atoms with van der Waals surface area (Å²) in [6.45, 7) is 1.66. The Kier molecular flexibility index (Phi) is 4.33. The van der Waals surface area contributed by atoms with Crippen molar-refractivity contribution in [2.75, 3.05) is 5.32 Å². The van der Waals surface area contributed by atoms with E-state index < -0.39 is 11.6 Å². The first-order valence-corrected chi connectivity index (χ1v) is 7.30. The van der Waals surface area contributed by atoms with Gasteiger partial charge in [0, 0.05) is 5.69 Å². The fourth-order valence-electron chi connectivity index (χ4n) is 2.10. The van der Waals surface area contributed by atoms with E-state index in [0.717, 1.165) is 4.68 Å². The molecule has 120 valence electrons. The Morgan fingerprint density at radius 3 is 2.29 bits per heavy atom. The Labute approximate surface area is 137 Å². The summed E-state index contributed by atoms with van der Waals surface area (Å²) in [7, 11) is 0. The maximum atomic E-state index is 12.4. The predicted molar refractivity (Wildman–Crippen MR) is 91.3 cm³/mol. The van der Waals surface area contributed by atoms with Gasteiger partial charge in [-0.1, -0.05) is 36.4 Å². The van der Waals surface area contributed by atoms with Gasteiger partial charge >= 0.3 is 11.6 Å². The van der Waals surface area contributed by atoms with Crippen LogP contribution < -0.4 is 10.9 Å². The summed E-state index contributed by atoms with van der Waals surface area (Å²) in [5.74, 6) is 0. The third-order valence-corrected chi connectivity index (χ3v) is 3.29. The van der Waals surface area contributed by atoms with Gasteiger partial charge in [0.25, 0.3) is 0 Å². The van der Waals surface area contributed by atoms with Crippen molar-refractivity contribution in [1.29, 1.82) is 0 Å². The van der Waals surface area contributed by atoms with Crippen LogP contribution in [0, 0.1) is 6.92 Å². The lowest BCUT2D eigenvalue weighted by atomic mass is 10.3. The van der Waals surface area contributed by atoms with E-state index in [9.17, 15) is 9.59 Å². The number of hydrogen-bond acceptors (Lipinski definition) is 4. The summed E-state index contributed by atoms with van der Waals surface area (Å²) in [6.07, 6.45) is 0. The van der Waals surface area contributed by atoms with Crippen molar-refractivity contribution < 1.29 is 4.79 Å². The van der Waals surface area contributed by atoms with Gasteiger partial charge in [-0.05, 0) is 31.2 Å². The van der Waals surface area contributed by atoms with E-state index in [4.69, 9.17) is 0 Å². The normalized spacial score (nSPS) is 10.9. The van der Waals surface area contributed by atoms with Crippen LogP contribution >= 0.6 is 0 Å². The fraction of sp³-hybridized carbons (Fsp3) is 0.0588.